The van der Waals surface area contributed by atoms with E-state index in [0.717, 1.165) is 56.4 Å². The zero-order valence-corrected chi connectivity index (χ0v) is 59.3. The number of hydroxylamine groups is 2. The van der Waals surface area contributed by atoms with Gasteiger partial charge in [-0.2, -0.15) is 0 Å². The molecule has 12 atom stereocenters. The van der Waals surface area contributed by atoms with E-state index in [9.17, 15) is 68.7 Å². The van der Waals surface area contributed by atoms with E-state index in [1.54, 1.807) is 24.3 Å². The third-order valence-electron chi connectivity index (χ3n) is 17.3. The highest BCUT2D eigenvalue weighted by molar-refractivity contribution is 7.09. The highest BCUT2D eigenvalue weighted by Gasteiger charge is 2.49. The molecule has 2 aliphatic heterocycles. The smallest absolute Gasteiger partial charge is 0.411 e. The number of carbonyl (C=O) groups is 9. The second-order valence-electron chi connectivity index (χ2n) is 26.2. The molecule has 2 fully saturated rings. The van der Waals surface area contributed by atoms with Crippen LogP contribution in [0.5, 0.6) is 5.75 Å². The molecule has 10 N–H and O–H groups in total. The summed E-state index contributed by atoms with van der Waals surface area (Å²) in [6.07, 6.45) is 7.03. The van der Waals surface area contributed by atoms with E-state index >= 15 is 0 Å². The average Bonchev–Trinajstić information content (AvgIpc) is 1.01. The minimum absolute atomic E-state index is 0.0224. The van der Waals surface area contributed by atoms with Gasteiger partial charge in [0.25, 0.3) is 17.7 Å². The monoisotopic (exact) mass is 1420 g/mol. The third-order valence-corrected chi connectivity index (χ3v) is 18.3. The number of aromatic nitrogens is 1. The van der Waals surface area contributed by atoms with Gasteiger partial charge in [0, 0.05) is 50.0 Å². The Morgan fingerprint density at radius 1 is 0.880 bits per heavy atom. The number of terminal acetylenes is 2. The standard InChI is InChI=1S/C71H100N8O20S/c1-12-16-18-19-23-49(15-4)94-40-56(81)72-31-32-73-62(85)50-36-46(27-30-54(50)98-68-60(84)58(82)59(83)61(99-68)67(89)90)39-95-70(93)75-47-28-25-45(26-29-47)35-48(38-71(9,10)69(91)92)74-63(86)51-41-100-65(76-51)55(97-44(8)80)37-53(42(5)6)79(96-34-22-17-13-2)66(88)57(43(7)14-3)77-64(87)52-24-20-21-33-78(52)11/h2,4,25-30,36,41-43,48-49,52-53,55,57-61,68,82-84H,12,14,16-24,31-35,37-40H2,1,3,5-11H3,(H,72,81)(H,73,85)(H,74,86)(H,75,93)(H,77,87)(H,89,90)(H,91,92)/t43-,48-,49?,52+,53+,55+,57-,58-,59-,60+,61-,68+/m0/s1. The molecule has 28 nitrogen and oxygen atoms in total. The lowest BCUT2D eigenvalue weighted by molar-refractivity contribution is -0.271. The first-order chi connectivity index (χ1) is 47.5. The zero-order valence-electron chi connectivity index (χ0n) is 58.5. The molecule has 0 spiro atoms. The van der Waals surface area contributed by atoms with Crippen molar-refractivity contribution in [2.45, 2.75) is 219 Å². The molecule has 3 aromatic rings. The molecular formula is C71H100N8O20S. The summed E-state index contributed by atoms with van der Waals surface area (Å²) >= 11 is 1.04. The molecule has 2 saturated heterocycles. The van der Waals surface area contributed by atoms with Gasteiger partial charge in [-0.1, -0.05) is 90.8 Å². The van der Waals surface area contributed by atoms with E-state index in [0.29, 0.717) is 37.7 Å². The number of thiazole rings is 1. The van der Waals surface area contributed by atoms with E-state index in [1.807, 2.05) is 39.6 Å². The van der Waals surface area contributed by atoms with E-state index in [2.05, 4.69) is 50.3 Å². The van der Waals surface area contributed by atoms with Crippen LogP contribution in [-0.2, 0) is 65.6 Å². The van der Waals surface area contributed by atoms with Gasteiger partial charge in [0.2, 0.25) is 18.1 Å². The normalized spacial score (nSPS) is 19.6. The molecule has 550 valence electrons. The largest absolute Gasteiger partial charge is 0.481 e. The van der Waals surface area contributed by atoms with Crippen LogP contribution >= 0.6 is 11.3 Å². The first kappa shape index (κ1) is 82.4. The summed E-state index contributed by atoms with van der Waals surface area (Å²) in [7, 11) is 1.89. The van der Waals surface area contributed by atoms with Crippen LogP contribution in [0.4, 0.5) is 10.5 Å². The lowest BCUT2D eigenvalue weighted by Crippen LogP contribution is -2.61. The first-order valence-corrected chi connectivity index (χ1v) is 34.8. The van der Waals surface area contributed by atoms with Gasteiger partial charge >= 0.3 is 24.0 Å². The lowest BCUT2D eigenvalue weighted by atomic mass is 9.84. The van der Waals surface area contributed by atoms with Crippen LogP contribution in [0.15, 0.2) is 47.8 Å². The van der Waals surface area contributed by atoms with Crippen LogP contribution < -0.4 is 31.3 Å². The van der Waals surface area contributed by atoms with Crippen molar-refractivity contribution in [1.82, 2.24) is 36.2 Å². The Morgan fingerprint density at radius 3 is 2.23 bits per heavy atom. The number of hydrogen-bond donors (Lipinski definition) is 10. The molecule has 6 amide bonds. The molecule has 100 heavy (non-hydrogen) atoms. The van der Waals surface area contributed by atoms with Crippen LogP contribution in [-0.4, -0.2) is 195 Å². The number of esters is 1. The number of anilines is 1. The number of likely N-dealkylation sites (tertiary alicyclic amines) is 1. The maximum atomic E-state index is 14.9. The Kier molecular flexibility index (Phi) is 33.7. The summed E-state index contributed by atoms with van der Waals surface area (Å²) < 4.78 is 28.0. The van der Waals surface area contributed by atoms with Crippen LogP contribution in [0.25, 0.3) is 0 Å². The molecule has 5 rings (SSSR count). The fourth-order valence-corrected chi connectivity index (χ4v) is 12.1. The summed E-state index contributed by atoms with van der Waals surface area (Å²) in [5.74, 6) is -1.92. The van der Waals surface area contributed by atoms with Crippen molar-refractivity contribution in [3.8, 4) is 30.4 Å². The zero-order chi connectivity index (χ0) is 73.8. The Labute approximate surface area is 588 Å². The number of aliphatic hydroxyl groups excluding tert-OH is 3. The Morgan fingerprint density at radius 2 is 1.59 bits per heavy atom. The second kappa shape index (κ2) is 40.9. The number of benzene rings is 2. The Hall–Kier alpha value is -8.26. The molecule has 0 aliphatic carbocycles. The van der Waals surface area contributed by atoms with Crippen molar-refractivity contribution < 1.29 is 97.2 Å². The first-order valence-electron chi connectivity index (χ1n) is 34.0. The van der Waals surface area contributed by atoms with E-state index in [1.165, 1.54) is 49.4 Å². The van der Waals surface area contributed by atoms with Gasteiger partial charge in [-0.3, -0.25) is 48.6 Å². The molecule has 1 unspecified atom stereocenters. The van der Waals surface area contributed by atoms with Gasteiger partial charge in [0.05, 0.1) is 29.7 Å². The number of carboxylic acids is 2. The fourth-order valence-electron chi connectivity index (χ4n) is 11.3. The van der Waals surface area contributed by atoms with Crippen molar-refractivity contribution >= 4 is 70.6 Å². The highest BCUT2D eigenvalue weighted by Crippen LogP contribution is 2.34. The summed E-state index contributed by atoms with van der Waals surface area (Å²) in [6.45, 7) is 13.8. The fraction of sp³-hybridized carbons (Fsp3) is 0.606. The maximum absolute atomic E-state index is 14.9. The number of ether oxygens (including phenoxy) is 5. The predicted molar refractivity (Wildman–Crippen MR) is 368 cm³/mol. The molecule has 0 saturated carbocycles. The lowest BCUT2D eigenvalue weighted by Gasteiger charge is -2.39. The number of amides is 6. The van der Waals surface area contributed by atoms with E-state index in [4.69, 9.17) is 41.4 Å². The van der Waals surface area contributed by atoms with Gasteiger partial charge in [0.15, 0.2) is 12.2 Å². The van der Waals surface area contributed by atoms with E-state index in [-0.39, 0.29) is 96.6 Å². The number of piperidine rings is 1. The summed E-state index contributed by atoms with van der Waals surface area (Å²) in [6, 6.07) is 7.37. The molecular weight excluding hydrogens is 1320 g/mol. The van der Waals surface area contributed by atoms with Gasteiger partial charge in [-0.25, -0.2) is 19.6 Å². The average molecular weight is 1420 g/mol. The summed E-state index contributed by atoms with van der Waals surface area (Å²) in [5, 5.41) is 68.1. The molecule has 2 aliphatic rings. The van der Waals surface area contributed by atoms with Crippen LogP contribution in [0, 0.1) is 41.9 Å². The van der Waals surface area contributed by atoms with Crippen LogP contribution in [0.3, 0.4) is 0 Å². The summed E-state index contributed by atoms with van der Waals surface area (Å²) in [5.41, 5.74) is -0.505. The summed E-state index contributed by atoms with van der Waals surface area (Å²) in [4.78, 5) is 133. The number of nitrogens with zero attached hydrogens (tertiary/aromatic N) is 3. The minimum Gasteiger partial charge on any atom is -0.481 e. The number of rotatable bonds is 40. The number of hydrogen-bond acceptors (Lipinski definition) is 21. The predicted octanol–water partition coefficient (Wildman–Crippen LogP) is 6.05. The third kappa shape index (κ3) is 25.4. The SMILES string of the molecule is C#CCCCON(C(=O)[C@@H](NC(=O)[C@H]1CCCCN1C)[C@@H](C)CC)[C@H](C[C@@H](OC(C)=O)c1nc(C(=O)N[C@@H](Cc2ccc(NC(=O)OCc3ccc(O[C@@H]4O[C@H](C(=O)O)[C@@H](O)[C@H](O)[C@H]4O)c(C(=O)NCCNC(=O)COC(C#C)CCCCCC)c3)cc2)CC(C)(C)C(=O)O)cs1)C(C)C. The number of unbranched alkanes of at least 4 members (excludes halogenated alkanes) is 4. The van der Waals surface area contributed by atoms with Crippen LogP contribution in [0.2, 0.25) is 0 Å². The number of carbonyl (C=O) groups excluding carboxylic acids is 7. The highest BCUT2D eigenvalue weighted by atomic mass is 32.1. The van der Waals surface area contributed by atoms with Crippen molar-refractivity contribution in [3.05, 3.63) is 75.2 Å². The van der Waals surface area contributed by atoms with Crippen molar-refractivity contribution in [2.24, 2.45) is 17.3 Å². The van der Waals surface area contributed by atoms with Crippen molar-refractivity contribution in [1.29, 1.82) is 0 Å². The van der Waals surface area contributed by atoms with Gasteiger partial charge in [-0.05, 0) is 120 Å². The molecule has 1 aromatic heterocycles. The van der Waals surface area contributed by atoms with Gasteiger partial charge in [-0.15, -0.1) is 30.1 Å². The van der Waals surface area contributed by atoms with Gasteiger partial charge < -0.3 is 70.5 Å². The van der Waals surface area contributed by atoms with Crippen LogP contribution in [0.1, 0.15) is 182 Å². The number of aliphatic hydroxyl groups is 3. The number of nitrogens with one attached hydrogen (secondary N) is 5. The molecule has 29 heteroatoms. The Balaban J connectivity index is 1.29. The molecule has 0 radical (unpaired) electrons. The quantitative estimate of drug-likeness (QED) is 0.0134. The number of likely N-dealkylation sites (N-methyl/N-ethyl adjacent to an activating group) is 1. The number of carboxylic acid groups (broad SMARTS) is 2. The topological polar surface area (TPSA) is 390 Å². The van der Waals surface area contributed by atoms with Gasteiger partial charge in [0.1, 0.15) is 60.1 Å². The van der Waals surface area contributed by atoms with Crippen molar-refractivity contribution in [2.75, 3.05) is 45.2 Å². The number of aliphatic carboxylic acids is 2. The molecule has 2 aromatic carbocycles. The van der Waals surface area contributed by atoms with E-state index < -0.39 is 127 Å². The molecule has 0 bridgehead atoms. The second-order valence-corrected chi connectivity index (χ2v) is 27.0. The Bertz CT molecular complexity index is 3300. The van der Waals surface area contributed by atoms with Crippen molar-refractivity contribution in [3.63, 3.8) is 0 Å². The minimum atomic E-state index is -2.03. The molecule has 3 heterocycles. The maximum Gasteiger partial charge on any atom is 0.411 e.